The van der Waals surface area contributed by atoms with Crippen molar-refractivity contribution in [1.82, 2.24) is 4.98 Å². The van der Waals surface area contributed by atoms with Crippen molar-refractivity contribution in [3.05, 3.63) is 47.8 Å². The van der Waals surface area contributed by atoms with E-state index in [4.69, 9.17) is 4.74 Å². The highest BCUT2D eigenvalue weighted by Crippen LogP contribution is 2.34. The van der Waals surface area contributed by atoms with Gasteiger partial charge < -0.3 is 20.3 Å². The molecule has 2 aromatic carbocycles. The molecule has 1 heterocycles. The van der Waals surface area contributed by atoms with Crippen LogP contribution in [0.5, 0.6) is 17.2 Å². The summed E-state index contributed by atoms with van der Waals surface area (Å²) in [5.74, 6) is 0.814. The Hall–Kier alpha value is -2.73. The summed E-state index contributed by atoms with van der Waals surface area (Å²) in [6.07, 6.45) is 0. The van der Waals surface area contributed by atoms with Gasteiger partial charge >= 0.3 is 0 Å². The monoisotopic (exact) mass is 314 g/mol. The largest absolute Gasteiger partial charge is 0.508 e. The predicted octanol–water partition coefficient (Wildman–Crippen LogP) is 3.97. The molecule has 0 fully saturated rings. The molecule has 0 bridgehead atoms. The van der Waals surface area contributed by atoms with Gasteiger partial charge in [-0.25, -0.2) is 4.98 Å². The first kappa shape index (κ1) is 14.2. The Labute approximate surface area is 131 Å². The molecule has 0 saturated heterocycles. The van der Waals surface area contributed by atoms with Crippen LogP contribution in [0.1, 0.15) is 0 Å². The van der Waals surface area contributed by atoms with Crippen molar-refractivity contribution in [1.29, 1.82) is 0 Å². The summed E-state index contributed by atoms with van der Waals surface area (Å²) < 4.78 is 5.12. The molecule has 0 aliphatic carbocycles. The molecule has 0 saturated carbocycles. The van der Waals surface area contributed by atoms with Crippen molar-refractivity contribution in [2.24, 2.45) is 0 Å². The second-order valence-corrected chi connectivity index (χ2v) is 5.45. The molecule has 0 atom stereocenters. The number of aromatic hydroxyl groups is 2. The van der Waals surface area contributed by atoms with Gasteiger partial charge in [0.15, 0.2) is 5.13 Å². The highest BCUT2D eigenvalue weighted by atomic mass is 32.1. The molecule has 0 aliphatic heterocycles. The van der Waals surface area contributed by atoms with E-state index in [2.05, 4.69) is 10.3 Å². The van der Waals surface area contributed by atoms with Crippen LogP contribution in [0.4, 0.5) is 10.8 Å². The number of benzene rings is 2. The van der Waals surface area contributed by atoms with Crippen LogP contribution < -0.4 is 10.1 Å². The number of thiazole rings is 1. The summed E-state index contributed by atoms with van der Waals surface area (Å²) in [6, 6.07) is 12.0. The van der Waals surface area contributed by atoms with Crippen molar-refractivity contribution in [3.8, 4) is 28.5 Å². The van der Waals surface area contributed by atoms with E-state index in [0.717, 1.165) is 11.4 Å². The molecule has 22 heavy (non-hydrogen) atoms. The molecule has 6 heteroatoms. The van der Waals surface area contributed by atoms with Gasteiger partial charge in [-0.15, -0.1) is 11.3 Å². The first-order valence-corrected chi connectivity index (χ1v) is 7.42. The second-order valence-electron chi connectivity index (χ2n) is 4.59. The second kappa shape index (κ2) is 5.95. The fourth-order valence-electron chi connectivity index (χ4n) is 1.99. The SMILES string of the molecule is COc1ccc(Nc2nc(-c3ccc(O)cc3O)cs2)cc1. The predicted molar refractivity (Wildman–Crippen MR) is 87.2 cm³/mol. The van der Waals surface area contributed by atoms with Gasteiger partial charge in [0.1, 0.15) is 17.2 Å². The molecule has 1 aromatic heterocycles. The van der Waals surface area contributed by atoms with E-state index in [9.17, 15) is 10.2 Å². The number of methoxy groups -OCH3 is 1. The minimum absolute atomic E-state index is 0.00120. The first-order valence-electron chi connectivity index (χ1n) is 6.54. The summed E-state index contributed by atoms with van der Waals surface area (Å²) in [5.41, 5.74) is 2.13. The van der Waals surface area contributed by atoms with Crippen LogP contribution in [0.15, 0.2) is 47.8 Å². The van der Waals surface area contributed by atoms with E-state index in [-0.39, 0.29) is 11.5 Å². The summed E-state index contributed by atoms with van der Waals surface area (Å²) in [6.45, 7) is 0. The zero-order valence-corrected chi connectivity index (χ0v) is 12.6. The first-order chi connectivity index (χ1) is 10.7. The molecular weight excluding hydrogens is 300 g/mol. The summed E-state index contributed by atoms with van der Waals surface area (Å²) in [5, 5.41) is 25.0. The lowest BCUT2D eigenvalue weighted by Gasteiger charge is -2.04. The standard InChI is InChI=1S/C16H14N2O3S/c1-21-12-5-2-10(3-6-12)17-16-18-14(9-22-16)13-7-4-11(19)8-15(13)20/h2-9,19-20H,1H3,(H,17,18). The van der Waals surface area contributed by atoms with Crippen LogP contribution >= 0.6 is 11.3 Å². The van der Waals surface area contributed by atoms with Crippen molar-refractivity contribution < 1.29 is 14.9 Å². The minimum Gasteiger partial charge on any atom is -0.508 e. The van der Waals surface area contributed by atoms with E-state index in [0.29, 0.717) is 16.4 Å². The number of nitrogens with one attached hydrogen (secondary N) is 1. The highest BCUT2D eigenvalue weighted by Gasteiger charge is 2.09. The van der Waals surface area contributed by atoms with Gasteiger partial charge in [-0.05, 0) is 36.4 Å². The Morgan fingerprint density at radius 3 is 2.55 bits per heavy atom. The van der Waals surface area contributed by atoms with Crippen LogP contribution in [0, 0.1) is 0 Å². The van der Waals surface area contributed by atoms with Crippen molar-refractivity contribution >= 4 is 22.2 Å². The average molecular weight is 314 g/mol. The number of nitrogens with zero attached hydrogens (tertiary/aromatic N) is 1. The number of ether oxygens (including phenoxy) is 1. The third-order valence-electron chi connectivity index (χ3n) is 3.10. The lowest BCUT2D eigenvalue weighted by atomic mass is 10.1. The van der Waals surface area contributed by atoms with Crippen LogP contribution in [0.2, 0.25) is 0 Å². The van der Waals surface area contributed by atoms with E-state index in [1.807, 2.05) is 29.6 Å². The summed E-state index contributed by atoms with van der Waals surface area (Å²) in [7, 11) is 1.62. The number of aromatic nitrogens is 1. The lowest BCUT2D eigenvalue weighted by Crippen LogP contribution is -1.90. The molecule has 0 unspecified atom stereocenters. The van der Waals surface area contributed by atoms with Crippen molar-refractivity contribution in [2.75, 3.05) is 12.4 Å². The molecule has 0 amide bonds. The highest BCUT2D eigenvalue weighted by molar-refractivity contribution is 7.14. The fraction of sp³-hybridized carbons (Fsp3) is 0.0625. The number of hydrogen-bond donors (Lipinski definition) is 3. The Balaban J connectivity index is 1.81. The molecular formula is C16H14N2O3S. The van der Waals surface area contributed by atoms with Gasteiger partial charge in [0.2, 0.25) is 0 Å². The van der Waals surface area contributed by atoms with Gasteiger partial charge in [-0.2, -0.15) is 0 Å². The molecule has 3 N–H and O–H groups in total. The zero-order valence-electron chi connectivity index (χ0n) is 11.8. The van der Waals surface area contributed by atoms with Crippen LogP contribution in [0.3, 0.4) is 0 Å². The lowest BCUT2D eigenvalue weighted by molar-refractivity contribution is 0.415. The fourth-order valence-corrected chi connectivity index (χ4v) is 2.72. The molecule has 0 aliphatic rings. The van der Waals surface area contributed by atoms with E-state index < -0.39 is 0 Å². The smallest absolute Gasteiger partial charge is 0.187 e. The average Bonchev–Trinajstić information content (AvgIpc) is 2.96. The maximum atomic E-state index is 9.87. The van der Waals surface area contributed by atoms with Crippen LogP contribution in [-0.2, 0) is 0 Å². The maximum Gasteiger partial charge on any atom is 0.187 e. The Kier molecular flexibility index (Phi) is 3.84. The normalized spacial score (nSPS) is 10.4. The van der Waals surface area contributed by atoms with Crippen molar-refractivity contribution in [2.45, 2.75) is 0 Å². The number of hydrogen-bond acceptors (Lipinski definition) is 6. The van der Waals surface area contributed by atoms with Gasteiger partial charge in [-0.1, -0.05) is 0 Å². The topological polar surface area (TPSA) is 74.6 Å². The number of phenolic OH excluding ortho intramolecular Hbond substituents is 2. The van der Waals surface area contributed by atoms with Crippen LogP contribution in [-0.4, -0.2) is 22.3 Å². The van der Waals surface area contributed by atoms with Gasteiger partial charge in [0, 0.05) is 22.7 Å². The molecule has 3 rings (SSSR count). The Bertz CT molecular complexity index is 784. The molecule has 3 aromatic rings. The Morgan fingerprint density at radius 2 is 1.86 bits per heavy atom. The third kappa shape index (κ3) is 2.96. The number of phenols is 2. The number of anilines is 2. The number of rotatable bonds is 4. The van der Waals surface area contributed by atoms with Gasteiger partial charge in [0.25, 0.3) is 0 Å². The molecule has 0 spiro atoms. The van der Waals surface area contributed by atoms with Crippen molar-refractivity contribution in [3.63, 3.8) is 0 Å². The maximum absolute atomic E-state index is 9.87. The quantitative estimate of drug-likeness (QED) is 0.679. The molecule has 0 radical (unpaired) electrons. The molecule has 112 valence electrons. The minimum atomic E-state index is 0.00120. The Morgan fingerprint density at radius 1 is 1.09 bits per heavy atom. The summed E-state index contributed by atoms with van der Waals surface area (Å²) in [4.78, 5) is 4.44. The van der Waals surface area contributed by atoms with E-state index in [1.54, 1.807) is 13.2 Å². The summed E-state index contributed by atoms with van der Waals surface area (Å²) >= 11 is 1.43. The zero-order chi connectivity index (χ0) is 15.5. The molecule has 5 nitrogen and oxygen atoms in total. The van der Waals surface area contributed by atoms with Crippen LogP contribution in [0.25, 0.3) is 11.3 Å². The van der Waals surface area contributed by atoms with E-state index in [1.165, 1.54) is 23.5 Å². The third-order valence-corrected chi connectivity index (χ3v) is 3.86. The van der Waals surface area contributed by atoms with E-state index >= 15 is 0 Å². The van der Waals surface area contributed by atoms with Gasteiger partial charge in [0.05, 0.1) is 12.8 Å². The van der Waals surface area contributed by atoms with Gasteiger partial charge in [-0.3, -0.25) is 0 Å².